The van der Waals surface area contributed by atoms with Crippen LogP contribution in [0.3, 0.4) is 0 Å². The normalized spacial score (nSPS) is 15.0. The Morgan fingerprint density at radius 1 is 1.08 bits per heavy atom. The van der Waals surface area contributed by atoms with Gasteiger partial charge in [-0.15, -0.1) is 0 Å². The van der Waals surface area contributed by atoms with Gasteiger partial charge in [-0.1, -0.05) is 47.8 Å². The lowest BCUT2D eigenvalue weighted by molar-refractivity contribution is -0.141. The van der Waals surface area contributed by atoms with Gasteiger partial charge in [0.2, 0.25) is 11.8 Å². The van der Waals surface area contributed by atoms with E-state index >= 15 is 0 Å². The van der Waals surface area contributed by atoms with Gasteiger partial charge in [0.15, 0.2) is 0 Å². The fraction of sp³-hybridized carbons (Fsp3) is 0.300. The Kier molecular flexibility index (Phi) is 5.54. The van der Waals surface area contributed by atoms with Crippen molar-refractivity contribution in [1.29, 1.82) is 0 Å². The molecule has 0 radical (unpaired) electrons. The highest BCUT2D eigenvalue weighted by atomic mass is 35.5. The average molecular weight is 391 g/mol. The molecule has 2 aromatic carbocycles. The van der Waals surface area contributed by atoms with Gasteiger partial charge in [-0.3, -0.25) is 9.59 Å². The number of carbonyl (C=O) groups is 2. The molecule has 1 aliphatic carbocycles. The molecule has 0 heterocycles. The standard InChI is InChI=1S/C20H20Cl2N2O2/c1-24(13-18(25)23-17-5-2-4-16(22)12-17)19(26)20(10-3-11-20)14-6-8-15(21)9-7-14/h2,4-9,12H,3,10-11,13H2,1H3,(H,23,25). The van der Waals surface area contributed by atoms with E-state index in [9.17, 15) is 9.59 Å². The first-order valence-electron chi connectivity index (χ1n) is 8.48. The number of amides is 2. The second-order valence-electron chi connectivity index (χ2n) is 6.66. The first-order chi connectivity index (χ1) is 12.4. The van der Waals surface area contributed by atoms with E-state index in [1.165, 1.54) is 4.90 Å². The number of benzene rings is 2. The number of anilines is 1. The highest BCUT2D eigenvalue weighted by molar-refractivity contribution is 6.31. The molecule has 6 heteroatoms. The molecule has 26 heavy (non-hydrogen) atoms. The summed E-state index contributed by atoms with van der Waals surface area (Å²) in [5, 5.41) is 3.96. The van der Waals surface area contributed by atoms with Crippen LogP contribution >= 0.6 is 23.2 Å². The summed E-state index contributed by atoms with van der Waals surface area (Å²) in [6.45, 7) is -0.0132. The van der Waals surface area contributed by atoms with Crippen LogP contribution in [0.1, 0.15) is 24.8 Å². The fourth-order valence-corrected chi connectivity index (χ4v) is 3.66. The van der Waals surface area contributed by atoms with Crippen molar-refractivity contribution in [1.82, 2.24) is 4.90 Å². The third kappa shape index (κ3) is 3.87. The summed E-state index contributed by atoms with van der Waals surface area (Å²) >= 11 is 11.9. The first-order valence-corrected chi connectivity index (χ1v) is 9.23. The highest BCUT2D eigenvalue weighted by Gasteiger charge is 2.47. The molecule has 0 atom stereocenters. The largest absolute Gasteiger partial charge is 0.336 e. The van der Waals surface area contributed by atoms with Crippen LogP contribution in [0, 0.1) is 0 Å². The molecular weight excluding hydrogens is 371 g/mol. The van der Waals surface area contributed by atoms with E-state index in [1.807, 2.05) is 12.1 Å². The summed E-state index contributed by atoms with van der Waals surface area (Å²) < 4.78 is 0. The van der Waals surface area contributed by atoms with Crippen LogP contribution in [0.2, 0.25) is 10.0 Å². The molecule has 1 saturated carbocycles. The number of likely N-dealkylation sites (N-methyl/N-ethyl adjacent to an activating group) is 1. The van der Waals surface area contributed by atoms with E-state index in [0.29, 0.717) is 15.7 Å². The molecule has 2 aromatic rings. The average Bonchev–Trinajstić information content (AvgIpc) is 2.55. The van der Waals surface area contributed by atoms with Gasteiger partial charge in [0.05, 0.1) is 12.0 Å². The zero-order chi connectivity index (χ0) is 18.7. The van der Waals surface area contributed by atoms with E-state index < -0.39 is 5.41 Å². The summed E-state index contributed by atoms with van der Waals surface area (Å²) in [4.78, 5) is 26.8. The minimum atomic E-state index is -0.546. The number of rotatable bonds is 5. The van der Waals surface area contributed by atoms with Crippen LogP contribution in [0.25, 0.3) is 0 Å². The maximum Gasteiger partial charge on any atom is 0.243 e. The molecule has 1 aliphatic rings. The molecule has 4 nitrogen and oxygen atoms in total. The van der Waals surface area contributed by atoms with E-state index in [4.69, 9.17) is 23.2 Å². The van der Waals surface area contributed by atoms with E-state index in [1.54, 1.807) is 43.4 Å². The van der Waals surface area contributed by atoms with Crippen molar-refractivity contribution in [2.45, 2.75) is 24.7 Å². The van der Waals surface area contributed by atoms with Crippen molar-refractivity contribution in [3.8, 4) is 0 Å². The lowest BCUT2D eigenvalue weighted by Gasteiger charge is -2.43. The Labute approximate surface area is 163 Å². The van der Waals surface area contributed by atoms with Gasteiger partial charge in [0.1, 0.15) is 0 Å². The van der Waals surface area contributed by atoms with Gasteiger partial charge >= 0.3 is 0 Å². The van der Waals surface area contributed by atoms with Crippen LogP contribution in [0.15, 0.2) is 48.5 Å². The molecule has 0 aliphatic heterocycles. The van der Waals surface area contributed by atoms with Gasteiger partial charge in [0.25, 0.3) is 0 Å². The van der Waals surface area contributed by atoms with Crippen LogP contribution < -0.4 is 5.32 Å². The van der Waals surface area contributed by atoms with Crippen molar-refractivity contribution in [3.63, 3.8) is 0 Å². The Morgan fingerprint density at radius 3 is 2.35 bits per heavy atom. The second kappa shape index (κ2) is 7.68. The van der Waals surface area contributed by atoms with Crippen molar-refractivity contribution in [2.75, 3.05) is 18.9 Å². The molecule has 136 valence electrons. The molecule has 0 unspecified atom stereocenters. The number of nitrogens with zero attached hydrogens (tertiary/aromatic N) is 1. The number of hydrogen-bond donors (Lipinski definition) is 1. The lowest BCUT2D eigenvalue weighted by Crippen LogP contribution is -2.51. The topological polar surface area (TPSA) is 49.4 Å². The molecule has 0 saturated heterocycles. The van der Waals surface area contributed by atoms with Gasteiger partial charge in [-0.05, 0) is 48.7 Å². The molecule has 1 fully saturated rings. The second-order valence-corrected chi connectivity index (χ2v) is 7.54. The lowest BCUT2D eigenvalue weighted by atomic mass is 9.63. The summed E-state index contributed by atoms with van der Waals surface area (Å²) in [6.07, 6.45) is 2.57. The molecule has 3 rings (SSSR count). The van der Waals surface area contributed by atoms with E-state index in [2.05, 4.69) is 5.32 Å². The predicted octanol–water partition coefficient (Wildman–Crippen LogP) is 4.51. The minimum absolute atomic E-state index is 0.0132. The SMILES string of the molecule is CN(CC(=O)Nc1cccc(Cl)c1)C(=O)C1(c2ccc(Cl)cc2)CCC1. The smallest absolute Gasteiger partial charge is 0.243 e. The minimum Gasteiger partial charge on any atom is -0.336 e. The molecule has 0 spiro atoms. The Morgan fingerprint density at radius 2 is 1.77 bits per heavy atom. The number of carbonyl (C=O) groups excluding carboxylic acids is 2. The zero-order valence-corrected chi connectivity index (χ0v) is 16.0. The Bertz CT molecular complexity index is 817. The summed E-state index contributed by atoms with van der Waals surface area (Å²) in [5.41, 5.74) is 1.02. The molecule has 1 N–H and O–H groups in total. The quantitative estimate of drug-likeness (QED) is 0.815. The first kappa shape index (κ1) is 18.7. The van der Waals surface area contributed by atoms with Gasteiger partial charge in [-0.25, -0.2) is 0 Å². The third-order valence-electron chi connectivity index (χ3n) is 4.85. The summed E-state index contributed by atoms with van der Waals surface area (Å²) in [7, 11) is 1.66. The van der Waals surface area contributed by atoms with Crippen LogP contribution in [0.4, 0.5) is 5.69 Å². The van der Waals surface area contributed by atoms with Crippen LogP contribution in [-0.4, -0.2) is 30.3 Å². The third-order valence-corrected chi connectivity index (χ3v) is 5.34. The number of nitrogens with one attached hydrogen (secondary N) is 1. The number of halogens is 2. The van der Waals surface area contributed by atoms with E-state index in [0.717, 1.165) is 24.8 Å². The Balaban J connectivity index is 1.68. The molecule has 0 bridgehead atoms. The van der Waals surface area contributed by atoms with Crippen LogP contribution in [0.5, 0.6) is 0 Å². The van der Waals surface area contributed by atoms with Gasteiger partial charge in [-0.2, -0.15) is 0 Å². The maximum atomic E-state index is 13.1. The van der Waals surface area contributed by atoms with Gasteiger partial charge < -0.3 is 10.2 Å². The Hall–Kier alpha value is -2.04. The van der Waals surface area contributed by atoms with Crippen molar-refractivity contribution in [2.24, 2.45) is 0 Å². The summed E-state index contributed by atoms with van der Waals surface area (Å²) in [5.74, 6) is -0.291. The molecule has 0 aromatic heterocycles. The van der Waals surface area contributed by atoms with Crippen molar-refractivity contribution < 1.29 is 9.59 Å². The zero-order valence-electron chi connectivity index (χ0n) is 14.5. The monoisotopic (exact) mass is 390 g/mol. The highest BCUT2D eigenvalue weighted by Crippen LogP contribution is 2.45. The van der Waals surface area contributed by atoms with Crippen molar-refractivity contribution >= 4 is 40.7 Å². The molecular formula is C20H20Cl2N2O2. The van der Waals surface area contributed by atoms with Gasteiger partial charge in [0, 0.05) is 22.8 Å². The van der Waals surface area contributed by atoms with Crippen molar-refractivity contribution in [3.05, 3.63) is 64.1 Å². The van der Waals surface area contributed by atoms with Crippen LogP contribution in [-0.2, 0) is 15.0 Å². The predicted molar refractivity (Wildman–Crippen MR) is 105 cm³/mol. The maximum absolute atomic E-state index is 13.1. The van der Waals surface area contributed by atoms with E-state index in [-0.39, 0.29) is 18.4 Å². The molecule has 2 amide bonds. The fourth-order valence-electron chi connectivity index (χ4n) is 3.34. The summed E-state index contributed by atoms with van der Waals surface area (Å²) in [6, 6.07) is 14.3. The number of hydrogen-bond acceptors (Lipinski definition) is 2.